The Morgan fingerprint density at radius 2 is 2.53 bits per heavy atom. The predicted molar refractivity (Wildman–Crippen MR) is 64.3 cm³/mol. The van der Waals surface area contributed by atoms with Crippen molar-refractivity contribution < 1.29 is 0 Å². The molecule has 1 aromatic rings. The van der Waals surface area contributed by atoms with Crippen LogP contribution in [0.1, 0.15) is 12.0 Å². The number of nitrogens with zero attached hydrogens (tertiary/aromatic N) is 3. The van der Waals surface area contributed by atoms with Gasteiger partial charge in [-0.25, -0.2) is 0 Å². The monoisotopic (exact) mass is 224 g/mol. The molecule has 2 heterocycles. The van der Waals surface area contributed by atoms with Crippen LogP contribution in [0, 0.1) is 6.92 Å². The molecule has 0 aliphatic carbocycles. The molecule has 0 atom stereocenters. The summed E-state index contributed by atoms with van der Waals surface area (Å²) in [6.45, 7) is 4.81. The van der Waals surface area contributed by atoms with Crippen LogP contribution in [0.5, 0.6) is 0 Å². The lowest BCUT2D eigenvalue weighted by molar-refractivity contribution is 0.604. The standard InChI is InChI=1S/C10H16N4S/c1-9-7-13-14(8-9)5-4-12-10-11-3-2-6-15-10/h7-8H,2-6H2,1H3,(H,11,12). The zero-order valence-corrected chi connectivity index (χ0v) is 9.76. The molecule has 0 unspecified atom stereocenters. The van der Waals surface area contributed by atoms with E-state index in [1.807, 2.05) is 22.6 Å². The molecule has 0 fully saturated rings. The highest BCUT2D eigenvalue weighted by molar-refractivity contribution is 8.13. The van der Waals surface area contributed by atoms with Gasteiger partial charge in [-0.1, -0.05) is 11.8 Å². The van der Waals surface area contributed by atoms with Gasteiger partial charge >= 0.3 is 0 Å². The summed E-state index contributed by atoms with van der Waals surface area (Å²) in [6, 6.07) is 0. The smallest absolute Gasteiger partial charge is 0.156 e. The van der Waals surface area contributed by atoms with Crippen molar-refractivity contribution in [3.8, 4) is 0 Å². The van der Waals surface area contributed by atoms with Gasteiger partial charge in [0.1, 0.15) is 0 Å². The number of thioether (sulfide) groups is 1. The van der Waals surface area contributed by atoms with Crippen LogP contribution in [0.4, 0.5) is 0 Å². The van der Waals surface area contributed by atoms with E-state index in [4.69, 9.17) is 0 Å². The van der Waals surface area contributed by atoms with Crippen LogP contribution in [0.3, 0.4) is 0 Å². The van der Waals surface area contributed by atoms with Crippen molar-refractivity contribution in [2.24, 2.45) is 4.99 Å². The van der Waals surface area contributed by atoms with Gasteiger partial charge in [0.25, 0.3) is 0 Å². The van der Waals surface area contributed by atoms with Crippen molar-refractivity contribution in [2.45, 2.75) is 19.9 Å². The topological polar surface area (TPSA) is 42.2 Å². The highest BCUT2D eigenvalue weighted by Gasteiger charge is 2.04. The number of nitrogens with one attached hydrogen (secondary N) is 1. The largest absolute Gasteiger partial charge is 0.363 e. The van der Waals surface area contributed by atoms with Crippen LogP contribution in [-0.4, -0.2) is 33.8 Å². The lowest BCUT2D eigenvalue weighted by Crippen LogP contribution is -2.27. The highest BCUT2D eigenvalue weighted by Crippen LogP contribution is 2.09. The molecule has 1 aliphatic heterocycles. The maximum absolute atomic E-state index is 4.40. The summed E-state index contributed by atoms with van der Waals surface area (Å²) in [4.78, 5) is 4.40. The molecule has 4 nitrogen and oxygen atoms in total. The highest BCUT2D eigenvalue weighted by atomic mass is 32.2. The number of hydrogen-bond acceptors (Lipinski definition) is 4. The third-order valence-corrected chi connectivity index (χ3v) is 3.22. The summed E-state index contributed by atoms with van der Waals surface area (Å²) in [6.07, 6.45) is 5.14. The van der Waals surface area contributed by atoms with E-state index in [1.54, 1.807) is 0 Å². The molecule has 15 heavy (non-hydrogen) atoms. The zero-order chi connectivity index (χ0) is 10.5. The second-order valence-corrected chi connectivity index (χ2v) is 4.68. The lowest BCUT2D eigenvalue weighted by Gasteiger charge is -2.12. The van der Waals surface area contributed by atoms with Crippen molar-refractivity contribution in [1.29, 1.82) is 0 Å². The van der Waals surface area contributed by atoms with E-state index in [-0.39, 0.29) is 0 Å². The molecular formula is C10H16N4S. The third-order valence-electron chi connectivity index (χ3n) is 2.18. The quantitative estimate of drug-likeness (QED) is 0.841. The average Bonchev–Trinajstić information content (AvgIpc) is 2.66. The Hall–Kier alpha value is -0.970. The molecule has 5 heteroatoms. The Balaban J connectivity index is 1.72. The molecule has 0 radical (unpaired) electrons. The van der Waals surface area contributed by atoms with Crippen LogP contribution < -0.4 is 5.32 Å². The number of rotatable bonds is 3. The SMILES string of the molecule is Cc1cnn(CCNC2=NCCCS2)c1. The lowest BCUT2D eigenvalue weighted by atomic mass is 10.4. The summed E-state index contributed by atoms with van der Waals surface area (Å²) >= 11 is 1.81. The Kier molecular flexibility index (Phi) is 3.66. The molecule has 1 aromatic heterocycles. The Bertz CT molecular complexity index is 345. The van der Waals surface area contributed by atoms with Gasteiger partial charge in [-0.3, -0.25) is 9.67 Å². The minimum absolute atomic E-state index is 0.896. The first-order valence-corrected chi connectivity index (χ1v) is 6.23. The number of aryl methyl sites for hydroxylation is 1. The Morgan fingerprint density at radius 1 is 1.60 bits per heavy atom. The number of aliphatic imine (C=N–C) groups is 1. The summed E-state index contributed by atoms with van der Waals surface area (Å²) in [5, 5.41) is 8.65. The molecule has 0 aromatic carbocycles. The second kappa shape index (κ2) is 5.21. The molecule has 0 spiro atoms. The van der Waals surface area contributed by atoms with Gasteiger partial charge in [-0.05, 0) is 18.9 Å². The molecule has 0 saturated heterocycles. The zero-order valence-electron chi connectivity index (χ0n) is 8.94. The van der Waals surface area contributed by atoms with Crippen molar-refractivity contribution in [3.63, 3.8) is 0 Å². The molecule has 0 bridgehead atoms. The molecule has 1 aliphatic rings. The fourth-order valence-corrected chi connectivity index (χ4v) is 2.29. The molecule has 0 amide bonds. The van der Waals surface area contributed by atoms with Gasteiger partial charge in [0.2, 0.25) is 0 Å². The second-order valence-electron chi connectivity index (χ2n) is 3.60. The minimum atomic E-state index is 0.896. The van der Waals surface area contributed by atoms with Gasteiger partial charge < -0.3 is 5.32 Å². The van der Waals surface area contributed by atoms with Gasteiger partial charge in [-0.2, -0.15) is 5.10 Å². The van der Waals surface area contributed by atoms with Crippen molar-refractivity contribution in [1.82, 2.24) is 15.1 Å². The van der Waals surface area contributed by atoms with Crippen LogP contribution in [-0.2, 0) is 6.54 Å². The van der Waals surface area contributed by atoms with Crippen LogP contribution in [0.2, 0.25) is 0 Å². The first kappa shape index (κ1) is 10.5. The van der Waals surface area contributed by atoms with Crippen molar-refractivity contribution in [2.75, 3.05) is 18.8 Å². The Labute approximate surface area is 94.2 Å². The van der Waals surface area contributed by atoms with Crippen LogP contribution >= 0.6 is 11.8 Å². The van der Waals surface area contributed by atoms with E-state index in [2.05, 4.69) is 28.5 Å². The summed E-state index contributed by atoms with van der Waals surface area (Å²) < 4.78 is 1.95. The predicted octanol–water partition coefficient (Wildman–Crippen LogP) is 1.27. The molecule has 1 N–H and O–H groups in total. The maximum atomic E-state index is 4.40. The summed E-state index contributed by atoms with van der Waals surface area (Å²) in [7, 11) is 0. The normalized spacial score (nSPS) is 16.2. The minimum Gasteiger partial charge on any atom is -0.363 e. The van der Waals surface area contributed by atoms with Gasteiger partial charge in [0.05, 0.1) is 12.7 Å². The van der Waals surface area contributed by atoms with Crippen LogP contribution in [0.15, 0.2) is 17.4 Å². The van der Waals surface area contributed by atoms with Gasteiger partial charge in [0, 0.05) is 25.0 Å². The first-order valence-electron chi connectivity index (χ1n) is 5.25. The van der Waals surface area contributed by atoms with Gasteiger partial charge in [0.15, 0.2) is 5.17 Å². The summed E-state index contributed by atoms with van der Waals surface area (Å²) in [5.41, 5.74) is 1.21. The fourth-order valence-electron chi connectivity index (χ4n) is 1.43. The average molecular weight is 224 g/mol. The molecule has 2 rings (SSSR count). The van der Waals surface area contributed by atoms with E-state index < -0.39 is 0 Å². The molecular weight excluding hydrogens is 208 g/mol. The molecule has 0 saturated carbocycles. The number of hydrogen-bond donors (Lipinski definition) is 1. The first-order chi connectivity index (χ1) is 7.34. The van der Waals surface area contributed by atoms with Crippen LogP contribution in [0.25, 0.3) is 0 Å². The van der Waals surface area contributed by atoms with Crippen molar-refractivity contribution >= 4 is 16.9 Å². The van der Waals surface area contributed by atoms with Gasteiger partial charge in [-0.15, -0.1) is 0 Å². The van der Waals surface area contributed by atoms with E-state index >= 15 is 0 Å². The third kappa shape index (κ3) is 3.27. The Morgan fingerprint density at radius 3 is 3.20 bits per heavy atom. The van der Waals surface area contributed by atoms with E-state index in [1.165, 1.54) is 17.7 Å². The number of amidine groups is 1. The van der Waals surface area contributed by atoms with Crippen molar-refractivity contribution in [3.05, 3.63) is 18.0 Å². The summed E-state index contributed by atoms with van der Waals surface area (Å²) in [5.74, 6) is 1.19. The van der Waals surface area contributed by atoms with E-state index in [0.717, 1.165) is 24.8 Å². The van der Waals surface area contributed by atoms with E-state index in [9.17, 15) is 0 Å². The number of aromatic nitrogens is 2. The maximum Gasteiger partial charge on any atom is 0.156 e. The fraction of sp³-hybridized carbons (Fsp3) is 0.600. The van der Waals surface area contributed by atoms with E-state index in [0.29, 0.717) is 0 Å². The molecule has 82 valence electrons.